The first-order valence-electron chi connectivity index (χ1n) is 6.14. The summed E-state index contributed by atoms with van der Waals surface area (Å²) >= 11 is 0. The predicted molar refractivity (Wildman–Crippen MR) is 68.0 cm³/mol. The molecule has 0 atom stereocenters. The number of rotatable bonds is 5. The maximum Gasteiger partial charge on any atom is 0.246 e. The SMILES string of the molecule is CCCN(C1CC1)S(=O)(=O)c1cc(N)c(F)cc1F. The van der Waals surface area contributed by atoms with Gasteiger partial charge in [0.05, 0.1) is 5.69 Å². The van der Waals surface area contributed by atoms with Crippen molar-refractivity contribution in [2.45, 2.75) is 37.1 Å². The van der Waals surface area contributed by atoms with E-state index in [2.05, 4.69) is 0 Å². The van der Waals surface area contributed by atoms with Crippen LogP contribution in [0, 0.1) is 11.6 Å². The third-order valence-corrected chi connectivity index (χ3v) is 5.00. The second-order valence-electron chi connectivity index (χ2n) is 4.65. The van der Waals surface area contributed by atoms with Gasteiger partial charge in [0.15, 0.2) is 0 Å². The van der Waals surface area contributed by atoms with E-state index < -0.39 is 26.6 Å². The van der Waals surface area contributed by atoms with E-state index >= 15 is 0 Å². The molecule has 106 valence electrons. The monoisotopic (exact) mass is 290 g/mol. The van der Waals surface area contributed by atoms with Gasteiger partial charge in [-0.05, 0) is 25.3 Å². The summed E-state index contributed by atoms with van der Waals surface area (Å²) in [7, 11) is -3.96. The van der Waals surface area contributed by atoms with Crippen molar-refractivity contribution in [2.24, 2.45) is 0 Å². The molecule has 0 amide bonds. The van der Waals surface area contributed by atoms with E-state index in [0.717, 1.165) is 18.9 Å². The smallest absolute Gasteiger partial charge is 0.246 e. The van der Waals surface area contributed by atoms with E-state index in [1.807, 2.05) is 6.92 Å². The number of nitrogen functional groups attached to an aromatic ring is 1. The average Bonchev–Trinajstić information content (AvgIpc) is 3.14. The molecule has 0 aromatic heterocycles. The highest BCUT2D eigenvalue weighted by Gasteiger charge is 2.38. The fraction of sp³-hybridized carbons (Fsp3) is 0.500. The van der Waals surface area contributed by atoms with Crippen LogP contribution in [0.4, 0.5) is 14.5 Å². The van der Waals surface area contributed by atoms with Crippen LogP contribution < -0.4 is 5.73 Å². The van der Waals surface area contributed by atoms with E-state index in [1.165, 1.54) is 4.31 Å². The summed E-state index contributed by atoms with van der Waals surface area (Å²) in [6.07, 6.45) is 2.18. The highest BCUT2D eigenvalue weighted by atomic mass is 32.2. The first kappa shape index (κ1) is 14.2. The molecule has 1 saturated carbocycles. The Hall–Kier alpha value is -1.21. The Morgan fingerprint density at radius 3 is 2.47 bits per heavy atom. The number of anilines is 1. The minimum absolute atomic E-state index is 0.0735. The quantitative estimate of drug-likeness (QED) is 0.845. The Morgan fingerprint density at radius 1 is 1.32 bits per heavy atom. The zero-order chi connectivity index (χ0) is 14.2. The van der Waals surface area contributed by atoms with Gasteiger partial charge in [0.25, 0.3) is 0 Å². The van der Waals surface area contributed by atoms with Crippen LogP contribution in [-0.2, 0) is 10.0 Å². The zero-order valence-electron chi connectivity index (χ0n) is 10.6. The molecule has 2 rings (SSSR count). The van der Waals surface area contributed by atoms with Gasteiger partial charge in [0, 0.05) is 18.7 Å². The van der Waals surface area contributed by atoms with E-state index in [9.17, 15) is 17.2 Å². The van der Waals surface area contributed by atoms with Crippen LogP contribution in [-0.4, -0.2) is 25.3 Å². The highest BCUT2D eigenvalue weighted by Crippen LogP contribution is 2.33. The Labute approximate surface area is 111 Å². The van der Waals surface area contributed by atoms with Gasteiger partial charge in [-0.15, -0.1) is 0 Å². The van der Waals surface area contributed by atoms with Crippen molar-refractivity contribution < 1.29 is 17.2 Å². The standard InChI is InChI=1S/C12H16F2N2O2S/c1-2-5-16(8-3-4-8)19(17,18)12-7-11(15)9(13)6-10(12)14/h6-8H,2-5,15H2,1H3. The molecule has 1 aromatic rings. The largest absolute Gasteiger partial charge is 0.396 e. The van der Waals surface area contributed by atoms with Crippen LogP contribution in [0.3, 0.4) is 0 Å². The highest BCUT2D eigenvalue weighted by molar-refractivity contribution is 7.89. The lowest BCUT2D eigenvalue weighted by molar-refractivity contribution is 0.399. The van der Waals surface area contributed by atoms with Crippen LogP contribution in [0.25, 0.3) is 0 Å². The molecule has 1 aromatic carbocycles. The second kappa shape index (κ2) is 5.05. The van der Waals surface area contributed by atoms with E-state index in [4.69, 9.17) is 5.73 Å². The summed E-state index contributed by atoms with van der Waals surface area (Å²) in [5, 5.41) is 0. The topological polar surface area (TPSA) is 63.4 Å². The first-order chi connectivity index (χ1) is 8.87. The number of halogens is 2. The molecular formula is C12H16F2N2O2S. The van der Waals surface area contributed by atoms with Gasteiger partial charge >= 0.3 is 0 Å². The van der Waals surface area contributed by atoms with Gasteiger partial charge in [0.1, 0.15) is 16.5 Å². The van der Waals surface area contributed by atoms with Crippen molar-refractivity contribution in [1.29, 1.82) is 0 Å². The Morgan fingerprint density at radius 2 is 1.95 bits per heavy atom. The number of hydrogen-bond donors (Lipinski definition) is 1. The van der Waals surface area contributed by atoms with Gasteiger partial charge in [-0.1, -0.05) is 6.92 Å². The summed E-state index contributed by atoms with van der Waals surface area (Å²) in [5.41, 5.74) is 4.96. The van der Waals surface area contributed by atoms with Crippen LogP contribution in [0.15, 0.2) is 17.0 Å². The molecule has 0 aliphatic heterocycles. The molecule has 0 bridgehead atoms. The van der Waals surface area contributed by atoms with Crippen molar-refractivity contribution in [3.05, 3.63) is 23.8 Å². The van der Waals surface area contributed by atoms with Crippen molar-refractivity contribution in [2.75, 3.05) is 12.3 Å². The molecule has 1 aliphatic rings. The Bertz CT molecular complexity index is 586. The molecule has 7 heteroatoms. The lowest BCUT2D eigenvalue weighted by atomic mass is 10.3. The van der Waals surface area contributed by atoms with Gasteiger partial charge in [-0.2, -0.15) is 4.31 Å². The number of sulfonamides is 1. The summed E-state index contributed by atoms with van der Waals surface area (Å²) in [6.45, 7) is 2.17. The van der Waals surface area contributed by atoms with Gasteiger partial charge < -0.3 is 5.73 Å². The van der Waals surface area contributed by atoms with E-state index in [1.54, 1.807) is 0 Å². The third-order valence-electron chi connectivity index (χ3n) is 3.04. The number of hydrogen-bond acceptors (Lipinski definition) is 3. The van der Waals surface area contributed by atoms with Crippen molar-refractivity contribution in [3.8, 4) is 0 Å². The van der Waals surface area contributed by atoms with E-state index in [-0.39, 0.29) is 11.7 Å². The predicted octanol–water partition coefficient (Wildman–Crippen LogP) is 2.11. The molecule has 0 heterocycles. The summed E-state index contributed by atoms with van der Waals surface area (Å²) < 4.78 is 52.9. The van der Waals surface area contributed by atoms with Crippen LogP contribution in [0.1, 0.15) is 26.2 Å². The Kier molecular flexibility index (Phi) is 3.78. The van der Waals surface area contributed by atoms with Gasteiger partial charge in [-0.25, -0.2) is 17.2 Å². The van der Waals surface area contributed by atoms with Crippen molar-refractivity contribution in [1.82, 2.24) is 4.31 Å². The number of nitrogens with two attached hydrogens (primary N) is 1. The number of benzene rings is 1. The van der Waals surface area contributed by atoms with Gasteiger partial charge in [-0.3, -0.25) is 0 Å². The minimum Gasteiger partial charge on any atom is -0.396 e. The molecule has 0 saturated heterocycles. The average molecular weight is 290 g/mol. The normalized spacial score (nSPS) is 16.0. The molecular weight excluding hydrogens is 274 g/mol. The molecule has 1 fully saturated rings. The van der Waals surface area contributed by atoms with Gasteiger partial charge in [0.2, 0.25) is 10.0 Å². The van der Waals surface area contributed by atoms with E-state index in [0.29, 0.717) is 19.0 Å². The molecule has 0 spiro atoms. The maximum absolute atomic E-state index is 13.7. The molecule has 2 N–H and O–H groups in total. The maximum atomic E-state index is 13.7. The van der Waals surface area contributed by atoms with Crippen LogP contribution >= 0.6 is 0 Å². The summed E-state index contributed by atoms with van der Waals surface area (Å²) in [4.78, 5) is -0.549. The fourth-order valence-electron chi connectivity index (χ4n) is 1.95. The summed E-state index contributed by atoms with van der Waals surface area (Å²) in [6, 6.07) is 1.29. The molecule has 1 aliphatic carbocycles. The Balaban J connectivity index is 2.46. The third kappa shape index (κ3) is 2.71. The first-order valence-corrected chi connectivity index (χ1v) is 7.58. The van der Waals surface area contributed by atoms with Crippen LogP contribution in [0.5, 0.6) is 0 Å². The zero-order valence-corrected chi connectivity index (χ0v) is 11.4. The van der Waals surface area contributed by atoms with Crippen molar-refractivity contribution in [3.63, 3.8) is 0 Å². The minimum atomic E-state index is -3.96. The number of nitrogens with zero attached hydrogens (tertiary/aromatic N) is 1. The molecule has 0 radical (unpaired) electrons. The summed E-state index contributed by atoms with van der Waals surface area (Å²) in [5.74, 6) is -2.06. The van der Waals surface area contributed by atoms with Crippen LogP contribution in [0.2, 0.25) is 0 Å². The molecule has 19 heavy (non-hydrogen) atoms. The molecule has 4 nitrogen and oxygen atoms in total. The lowest BCUT2D eigenvalue weighted by Gasteiger charge is -2.21. The molecule has 0 unspecified atom stereocenters. The fourth-order valence-corrected chi connectivity index (χ4v) is 3.81. The lowest BCUT2D eigenvalue weighted by Crippen LogP contribution is -2.34. The van der Waals surface area contributed by atoms with Crippen molar-refractivity contribution >= 4 is 15.7 Å². The second-order valence-corrected chi connectivity index (χ2v) is 6.51.